The summed E-state index contributed by atoms with van der Waals surface area (Å²) < 4.78 is 83.4. The SMILES string of the molecule is CCOC(=O)c1cc(/C=C2/SC(=O)N(Cc3cc(C(F)(F)F)cc(C(F)(F)F)c3)C2=O)ccc1O. The molecule has 2 aromatic rings. The van der Waals surface area contributed by atoms with E-state index >= 15 is 0 Å². The summed E-state index contributed by atoms with van der Waals surface area (Å²) in [5.41, 5.74) is -3.66. The van der Waals surface area contributed by atoms with Crippen LogP contribution in [0.25, 0.3) is 6.08 Å². The van der Waals surface area contributed by atoms with Gasteiger partial charge in [-0.05, 0) is 66.2 Å². The van der Waals surface area contributed by atoms with Gasteiger partial charge in [-0.2, -0.15) is 26.3 Å². The molecule has 0 radical (unpaired) electrons. The molecule has 2 aromatic carbocycles. The van der Waals surface area contributed by atoms with Gasteiger partial charge in [0.25, 0.3) is 11.1 Å². The number of phenolic OH excluding ortho intramolecular Hbond substituents is 1. The molecule has 35 heavy (non-hydrogen) atoms. The maximum Gasteiger partial charge on any atom is 0.416 e. The van der Waals surface area contributed by atoms with Gasteiger partial charge in [-0.25, -0.2) is 4.79 Å². The number of benzene rings is 2. The highest BCUT2D eigenvalue weighted by atomic mass is 32.2. The van der Waals surface area contributed by atoms with E-state index in [0.29, 0.717) is 28.8 Å². The average molecular weight is 519 g/mol. The maximum absolute atomic E-state index is 13.1. The minimum atomic E-state index is -5.08. The number of hydrogen-bond donors (Lipinski definition) is 1. The fraction of sp³-hybridized carbons (Fsp3) is 0.227. The lowest BCUT2D eigenvalue weighted by molar-refractivity contribution is -0.143. The number of amides is 2. The first-order valence-electron chi connectivity index (χ1n) is 9.74. The van der Waals surface area contributed by atoms with Crippen LogP contribution in [-0.4, -0.2) is 33.7 Å². The molecule has 0 atom stereocenters. The van der Waals surface area contributed by atoms with Gasteiger partial charge < -0.3 is 9.84 Å². The molecule has 1 heterocycles. The summed E-state index contributed by atoms with van der Waals surface area (Å²) in [4.78, 5) is 37.3. The Morgan fingerprint density at radius 1 is 1.03 bits per heavy atom. The highest BCUT2D eigenvalue weighted by Gasteiger charge is 2.39. The number of esters is 1. The Morgan fingerprint density at radius 3 is 2.17 bits per heavy atom. The Labute approximate surface area is 198 Å². The number of phenols is 1. The van der Waals surface area contributed by atoms with Crippen LogP contribution in [-0.2, 0) is 28.4 Å². The lowest BCUT2D eigenvalue weighted by Crippen LogP contribution is -2.28. The smallest absolute Gasteiger partial charge is 0.416 e. The quantitative estimate of drug-likeness (QED) is 0.304. The van der Waals surface area contributed by atoms with E-state index in [1.54, 1.807) is 6.92 Å². The number of imide groups is 1. The third-order valence-corrected chi connectivity index (χ3v) is 5.58. The molecule has 6 nitrogen and oxygen atoms in total. The largest absolute Gasteiger partial charge is 0.507 e. The normalized spacial score (nSPS) is 15.7. The molecule has 0 saturated carbocycles. The van der Waals surface area contributed by atoms with Gasteiger partial charge in [0.2, 0.25) is 0 Å². The van der Waals surface area contributed by atoms with E-state index < -0.39 is 58.5 Å². The lowest BCUT2D eigenvalue weighted by Gasteiger charge is -2.17. The Hall–Kier alpha value is -3.48. The molecule has 13 heteroatoms. The van der Waals surface area contributed by atoms with Crippen LogP contribution in [0, 0.1) is 0 Å². The van der Waals surface area contributed by atoms with Crippen LogP contribution in [0.5, 0.6) is 5.75 Å². The molecule has 0 aromatic heterocycles. The van der Waals surface area contributed by atoms with Crippen molar-refractivity contribution in [1.29, 1.82) is 0 Å². The van der Waals surface area contributed by atoms with Crippen LogP contribution in [0.4, 0.5) is 31.1 Å². The molecular formula is C22H15F6NO5S. The zero-order chi connectivity index (χ0) is 26.1. The summed E-state index contributed by atoms with van der Waals surface area (Å²) >= 11 is 0.419. The average Bonchev–Trinajstić information content (AvgIpc) is 3.01. The minimum absolute atomic E-state index is 0.0347. The molecule has 1 N–H and O–H groups in total. The van der Waals surface area contributed by atoms with Crippen molar-refractivity contribution in [2.24, 2.45) is 0 Å². The summed E-state index contributed by atoms with van der Waals surface area (Å²) in [6, 6.07) is 4.51. The Morgan fingerprint density at radius 2 is 1.63 bits per heavy atom. The van der Waals surface area contributed by atoms with E-state index in [-0.39, 0.29) is 28.7 Å². The van der Waals surface area contributed by atoms with Gasteiger partial charge in [0.15, 0.2) is 0 Å². The molecule has 0 aliphatic carbocycles. The number of hydrogen-bond acceptors (Lipinski definition) is 6. The molecular weight excluding hydrogens is 504 g/mol. The van der Waals surface area contributed by atoms with E-state index in [9.17, 15) is 45.8 Å². The number of halogens is 6. The van der Waals surface area contributed by atoms with E-state index in [2.05, 4.69) is 0 Å². The van der Waals surface area contributed by atoms with Crippen LogP contribution < -0.4 is 0 Å². The molecule has 1 aliphatic heterocycles. The van der Waals surface area contributed by atoms with E-state index in [0.717, 1.165) is 6.07 Å². The Balaban J connectivity index is 1.91. The van der Waals surface area contributed by atoms with Crippen molar-refractivity contribution in [1.82, 2.24) is 4.90 Å². The predicted molar refractivity (Wildman–Crippen MR) is 112 cm³/mol. The molecule has 0 spiro atoms. The molecule has 0 bridgehead atoms. The van der Waals surface area contributed by atoms with Crippen LogP contribution in [0.15, 0.2) is 41.3 Å². The van der Waals surface area contributed by atoms with Crippen molar-refractivity contribution in [3.8, 4) is 5.75 Å². The van der Waals surface area contributed by atoms with Crippen LogP contribution in [0.1, 0.15) is 39.5 Å². The second kappa shape index (κ2) is 9.64. The number of alkyl halides is 6. The standard InChI is InChI=1S/C22H15F6NO5S/c1-2-34-19(32)15-7-11(3-4-16(15)30)8-17-18(31)29(20(33)35-17)10-12-5-13(21(23,24)25)9-14(6-12)22(26,27)28/h3-9,30H,2,10H2,1H3/b17-8+. The van der Waals surface area contributed by atoms with E-state index in [1.165, 1.54) is 18.2 Å². The Kier molecular flexibility index (Phi) is 7.20. The number of carbonyl (C=O) groups is 3. The van der Waals surface area contributed by atoms with Crippen LogP contribution in [0.3, 0.4) is 0 Å². The first-order chi connectivity index (χ1) is 16.2. The monoisotopic (exact) mass is 519 g/mol. The number of rotatable bonds is 5. The van der Waals surface area contributed by atoms with Crippen molar-refractivity contribution in [3.05, 3.63) is 69.1 Å². The topological polar surface area (TPSA) is 83.9 Å². The lowest BCUT2D eigenvalue weighted by atomic mass is 10.0. The van der Waals surface area contributed by atoms with E-state index in [1.807, 2.05) is 0 Å². The first kappa shape index (κ1) is 26.1. The Bertz CT molecular complexity index is 1190. The molecule has 186 valence electrons. The zero-order valence-electron chi connectivity index (χ0n) is 17.7. The van der Waals surface area contributed by atoms with Gasteiger partial charge in [-0.1, -0.05) is 6.07 Å². The van der Waals surface area contributed by atoms with Crippen LogP contribution in [0.2, 0.25) is 0 Å². The minimum Gasteiger partial charge on any atom is -0.507 e. The third-order valence-electron chi connectivity index (χ3n) is 4.68. The molecule has 0 unspecified atom stereocenters. The van der Waals surface area contributed by atoms with E-state index in [4.69, 9.17) is 4.74 Å². The number of aromatic hydroxyl groups is 1. The third kappa shape index (κ3) is 5.96. The zero-order valence-corrected chi connectivity index (χ0v) is 18.5. The molecule has 2 amide bonds. The number of nitrogens with zero attached hydrogens (tertiary/aromatic N) is 1. The van der Waals surface area contributed by atoms with Crippen molar-refractivity contribution >= 4 is 35.0 Å². The highest BCUT2D eigenvalue weighted by Crippen LogP contribution is 2.38. The summed E-state index contributed by atoms with van der Waals surface area (Å²) in [5.74, 6) is -2.17. The van der Waals surface area contributed by atoms with Crippen molar-refractivity contribution in [3.63, 3.8) is 0 Å². The molecule has 1 saturated heterocycles. The summed E-state index contributed by atoms with van der Waals surface area (Å²) in [5, 5.41) is 8.93. The first-order valence-corrected chi connectivity index (χ1v) is 10.6. The fourth-order valence-corrected chi connectivity index (χ4v) is 3.93. The fourth-order valence-electron chi connectivity index (χ4n) is 3.10. The van der Waals surface area contributed by atoms with Gasteiger partial charge in [0, 0.05) is 0 Å². The highest BCUT2D eigenvalue weighted by molar-refractivity contribution is 8.18. The van der Waals surface area contributed by atoms with Gasteiger partial charge in [-0.15, -0.1) is 0 Å². The number of ether oxygens (including phenoxy) is 1. The van der Waals surface area contributed by atoms with Crippen molar-refractivity contribution < 1.29 is 50.6 Å². The summed E-state index contributed by atoms with van der Waals surface area (Å²) in [6.07, 6.45) is -8.96. The van der Waals surface area contributed by atoms with Crippen molar-refractivity contribution in [2.75, 3.05) is 6.61 Å². The second-order valence-electron chi connectivity index (χ2n) is 7.18. The predicted octanol–water partition coefficient (Wildman–Crippen LogP) is 5.84. The van der Waals surface area contributed by atoms with Gasteiger partial charge in [0.05, 0.1) is 29.2 Å². The second-order valence-corrected chi connectivity index (χ2v) is 8.17. The molecule has 1 aliphatic rings. The van der Waals surface area contributed by atoms with Gasteiger partial charge >= 0.3 is 18.3 Å². The van der Waals surface area contributed by atoms with Gasteiger partial charge in [0.1, 0.15) is 11.3 Å². The summed E-state index contributed by atoms with van der Waals surface area (Å²) in [6.45, 7) is 0.766. The molecule has 3 rings (SSSR count). The van der Waals surface area contributed by atoms with Crippen molar-refractivity contribution in [2.45, 2.75) is 25.8 Å². The summed E-state index contributed by atoms with van der Waals surface area (Å²) in [7, 11) is 0. The number of thioether (sulfide) groups is 1. The maximum atomic E-state index is 13.1. The van der Waals surface area contributed by atoms with Crippen LogP contribution >= 0.6 is 11.8 Å². The molecule has 1 fully saturated rings. The number of carbonyl (C=O) groups excluding carboxylic acids is 3. The van der Waals surface area contributed by atoms with Gasteiger partial charge in [-0.3, -0.25) is 14.5 Å².